The second-order valence-corrected chi connectivity index (χ2v) is 5.80. The maximum atomic E-state index is 11.6. The van der Waals surface area contributed by atoms with Crippen LogP contribution in [0.15, 0.2) is 0 Å². The molecule has 0 aromatic carbocycles. The van der Waals surface area contributed by atoms with Crippen LogP contribution in [0.4, 0.5) is 0 Å². The van der Waals surface area contributed by atoms with Gasteiger partial charge in [-0.05, 0) is 6.92 Å². The Morgan fingerprint density at radius 1 is 0.852 bits per heavy atom. The lowest BCUT2D eigenvalue weighted by molar-refractivity contribution is -0.318. The number of rotatable bonds is 7. The van der Waals surface area contributed by atoms with Gasteiger partial charge in [-0.15, -0.1) is 0 Å². The predicted octanol–water partition coefficient (Wildman–Crippen LogP) is -0.576. The van der Waals surface area contributed by atoms with Gasteiger partial charge >= 0.3 is 23.9 Å². The highest BCUT2D eigenvalue weighted by Crippen LogP contribution is 2.30. The number of aliphatic hydroxyl groups is 1. The fraction of sp³-hybridized carbons (Fsp3) is 0.750. The Labute approximate surface area is 155 Å². The van der Waals surface area contributed by atoms with Gasteiger partial charge in [0.15, 0.2) is 12.4 Å². The summed E-state index contributed by atoms with van der Waals surface area (Å²) >= 11 is 0. The SMILES string of the molecule is CC(=O)OC[C@H]1O[C@@H](OC(C)=O)[C@H](OC(C)=O)[C@@H](OC(C)=O)[C@@H]1OC(C)O. The Morgan fingerprint density at radius 2 is 1.37 bits per heavy atom. The number of carbonyl (C=O) groups is 4. The molecule has 11 nitrogen and oxygen atoms in total. The van der Waals surface area contributed by atoms with Crippen LogP contribution in [-0.4, -0.2) is 72.6 Å². The van der Waals surface area contributed by atoms with Gasteiger partial charge in [-0.3, -0.25) is 19.2 Å². The van der Waals surface area contributed by atoms with Gasteiger partial charge < -0.3 is 33.5 Å². The molecule has 0 bridgehead atoms. The van der Waals surface area contributed by atoms with Crippen LogP contribution in [0.2, 0.25) is 0 Å². The van der Waals surface area contributed by atoms with E-state index in [0.29, 0.717) is 0 Å². The van der Waals surface area contributed by atoms with Crippen LogP contribution >= 0.6 is 0 Å². The lowest BCUT2D eigenvalue weighted by atomic mass is 9.98. The maximum absolute atomic E-state index is 11.6. The highest BCUT2D eigenvalue weighted by Gasteiger charge is 2.52. The smallest absolute Gasteiger partial charge is 0.305 e. The summed E-state index contributed by atoms with van der Waals surface area (Å²) in [6, 6.07) is 0. The largest absolute Gasteiger partial charge is 0.463 e. The third kappa shape index (κ3) is 7.49. The van der Waals surface area contributed by atoms with E-state index in [9.17, 15) is 24.3 Å². The number of hydrogen-bond donors (Lipinski definition) is 1. The molecule has 1 N–H and O–H groups in total. The first-order valence-electron chi connectivity index (χ1n) is 8.15. The van der Waals surface area contributed by atoms with E-state index in [4.69, 9.17) is 28.4 Å². The molecular formula is C16H24O11. The van der Waals surface area contributed by atoms with Crippen molar-refractivity contribution < 1.29 is 52.7 Å². The second-order valence-electron chi connectivity index (χ2n) is 5.80. The second kappa shape index (κ2) is 10.2. The molecule has 1 saturated heterocycles. The number of hydrogen-bond acceptors (Lipinski definition) is 11. The van der Waals surface area contributed by atoms with E-state index in [1.165, 1.54) is 13.8 Å². The van der Waals surface area contributed by atoms with Gasteiger partial charge in [-0.25, -0.2) is 0 Å². The Kier molecular flexibility index (Phi) is 8.60. The van der Waals surface area contributed by atoms with Gasteiger partial charge in [-0.1, -0.05) is 0 Å². The van der Waals surface area contributed by atoms with Crippen LogP contribution in [0.3, 0.4) is 0 Å². The average molecular weight is 392 g/mol. The molecule has 27 heavy (non-hydrogen) atoms. The van der Waals surface area contributed by atoms with E-state index in [1.807, 2.05) is 0 Å². The summed E-state index contributed by atoms with van der Waals surface area (Å²) in [5.74, 6) is -2.87. The van der Waals surface area contributed by atoms with E-state index in [1.54, 1.807) is 0 Å². The zero-order chi connectivity index (χ0) is 20.7. The minimum atomic E-state index is -1.45. The lowest BCUT2D eigenvalue weighted by Gasteiger charge is -2.44. The van der Waals surface area contributed by atoms with Gasteiger partial charge in [0, 0.05) is 27.7 Å². The van der Waals surface area contributed by atoms with Gasteiger partial charge in [-0.2, -0.15) is 0 Å². The zero-order valence-corrected chi connectivity index (χ0v) is 15.7. The lowest BCUT2D eigenvalue weighted by Crippen LogP contribution is -2.63. The monoisotopic (exact) mass is 392 g/mol. The number of aliphatic hydroxyl groups excluding tert-OH is 1. The summed E-state index contributed by atoms with van der Waals surface area (Å²) in [6.07, 6.45) is -7.73. The van der Waals surface area contributed by atoms with Crippen LogP contribution in [0.25, 0.3) is 0 Å². The molecule has 0 saturated carbocycles. The highest BCUT2D eigenvalue weighted by atomic mass is 16.7. The molecule has 0 spiro atoms. The van der Waals surface area contributed by atoms with Crippen molar-refractivity contribution in [3.8, 4) is 0 Å². The topological polar surface area (TPSA) is 144 Å². The minimum Gasteiger partial charge on any atom is -0.463 e. The van der Waals surface area contributed by atoms with Gasteiger partial charge in [0.05, 0.1) is 0 Å². The van der Waals surface area contributed by atoms with Crippen LogP contribution in [0, 0.1) is 0 Å². The van der Waals surface area contributed by atoms with Crippen LogP contribution in [0.1, 0.15) is 34.6 Å². The summed E-state index contributed by atoms with van der Waals surface area (Å²) in [5, 5.41) is 9.61. The molecule has 11 heteroatoms. The molecule has 6 atom stereocenters. The molecule has 1 rings (SSSR count). The van der Waals surface area contributed by atoms with Crippen molar-refractivity contribution in [2.24, 2.45) is 0 Å². The zero-order valence-electron chi connectivity index (χ0n) is 15.7. The summed E-state index contributed by atoms with van der Waals surface area (Å²) in [7, 11) is 0. The molecule has 154 valence electrons. The standard InChI is InChI=1S/C16H24O11/c1-7(17)22-6-12-13(23-8(2)18)14(24-9(3)19)15(25-10(4)20)16(27-12)26-11(5)21/h8,12-16,18H,6H2,1-5H3/t8?,12-,13-,14+,15-,16-/m1/s1. The molecule has 0 aliphatic carbocycles. The Hall–Kier alpha value is -2.24. The molecule has 0 aromatic heterocycles. The summed E-state index contributed by atoms with van der Waals surface area (Å²) in [5.41, 5.74) is 0. The normalized spacial score (nSPS) is 28.6. The van der Waals surface area contributed by atoms with Crippen molar-refractivity contribution in [1.29, 1.82) is 0 Å². The summed E-state index contributed by atoms with van der Waals surface area (Å²) < 4.78 is 31.1. The first-order chi connectivity index (χ1) is 12.5. The molecule has 1 heterocycles. The van der Waals surface area contributed by atoms with E-state index in [2.05, 4.69) is 0 Å². The molecular weight excluding hydrogens is 368 g/mol. The first kappa shape index (κ1) is 22.8. The predicted molar refractivity (Wildman–Crippen MR) is 84.7 cm³/mol. The van der Waals surface area contributed by atoms with Crippen LogP contribution in [-0.2, 0) is 47.6 Å². The third-order valence-corrected chi connectivity index (χ3v) is 3.28. The molecule has 1 aliphatic heterocycles. The summed E-state index contributed by atoms with van der Waals surface area (Å²) in [6.45, 7) is 5.44. The number of ether oxygens (including phenoxy) is 6. The fourth-order valence-electron chi connectivity index (χ4n) is 2.51. The van der Waals surface area contributed by atoms with E-state index >= 15 is 0 Å². The number of carbonyl (C=O) groups excluding carboxylic acids is 4. The minimum absolute atomic E-state index is 0.352. The van der Waals surface area contributed by atoms with Gasteiger partial charge in [0.2, 0.25) is 12.4 Å². The Morgan fingerprint density at radius 3 is 1.81 bits per heavy atom. The van der Waals surface area contributed by atoms with E-state index < -0.39 is 60.9 Å². The average Bonchev–Trinajstić information content (AvgIpc) is 2.49. The summed E-state index contributed by atoms with van der Waals surface area (Å²) in [4.78, 5) is 45.6. The van der Waals surface area contributed by atoms with E-state index in [-0.39, 0.29) is 6.61 Å². The molecule has 1 aliphatic rings. The molecule has 0 radical (unpaired) electrons. The molecule has 1 fully saturated rings. The van der Waals surface area contributed by atoms with Crippen molar-refractivity contribution in [1.82, 2.24) is 0 Å². The number of esters is 4. The molecule has 1 unspecified atom stereocenters. The fourth-order valence-corrected chi connectivity index (χ4v) is 2.51. The van der Waals surface area contributed by atoms with Crippen molar-refractivity contribution in [3.63, 3.8) is 0 Å². The van der Waals surface area contributed by atoms with Gasteiger partial charge in [0.1, 0.15) is 18.8 Å². The van der Waals surface area contributed by atoms with Crippen LogP contribution < -0.4 is 0 Å². The Balaban J connectivity index is 3.27. The maximum Gasteiger partial charge on any atom is 0.305 e. The van der Waals surface area contributed by atoms with Crippen molar-refractivity contribution in [2.75, 3.05) is 6.61 Å². The van der Waals surface area contributed by atoms with Crippen LogP contribution in [0.5, 0.6) is 0 Å². The first-order valence-corrected chi connectivity index (χ1v) is 8.15. The van der Waals surface area contributed by atoms with Crippen molar-refractivity contribution >= 4 is 23.9 Å². The van der Waals surface area contributed by atoms with Crippen molar-refractivity contribution in [2.45, 2.75) is 71.6 Å². The molecule has 0 amide bonds. The Bertz CT molecular complexity index is 559. The highest BCUT2D eigenvalue weighted by molar-refractivity contribution is 5.68. The van der Waals surface area contributed by atoms with E-state index in [0.717, 1.165) is 20.8 Å². The van der Waals surface area contributed by atoms with Gasteiger partial charge in [0.25, 0.3) is 0 Å². The third-order valence-electron chi connectivity index (χ3n) is 3.28. The van der Waals surface area contributed by atoms with Crippen molar-refractivity contribution in [3.05, 3.63) is 0 Å². The molecule has 0 aromatic rings. The quantitative estimate of drug-likeness (QED) is 0.338.